The highest BCUT2D eigenvalue weighted by molar-refractivity contribution is 5.86. The van der Waals surface area contributed by atoms with E-state index in [0.29, 0.717) is 0 Å². The highest BCUT2D eigenvalue weighted by atomic mass is 15.3. The summed E-state index contributed by atoms with van der Waals surface area (Å²) in [6, 6.07) is 8.63. The second-order valence-electron chi connectivity index (χ2n) is 6.57. The first-order valence-corrected chi connectivity index (χ1v) is 9.15. The highest BCUT2D eigenvalue weighted by Crippen LogP contribution is 2.19. The molecule has 0 amide bonds. The molecule has 8 nitrogen and oxygen atoms in total. The van der Waals surface area contributed by atoms with E-state index in [0.717, 1.165) is 55.4 Å². The van der Waals surface area contributed by atoms with Crippen molar-refractivity contribution in [3.8, 4) is 0 Å². The van der Waals surface area contributed by atoms with Crippen LogP contribution in [0.3, 0.4) is 0 Å². The molecule has 3 heterocycles. The molecule has 4 rings (SSSR count). The molecule has 0 atom stereocenters. The van der Waals surface area contributed by atoms with Crippen molar-refractivity contribution in [3.05, 3.63) is 47.9 Å². The van der Waals surface area contributed by atoms with Crippen molar-refractivity contribution in [2.45, 2.75) is 13.0 Å². The Bertz CT molecular complexity index is 961. The molecule has 2 aromatic heterocycles. The number of hydrogen-bond acceptors (Lipinski definition) is 5. The Balaban J connectivity index is 1.33. The summed E-state index contributed by atoms with van der Waals surface area (Å²) in [4.78, 5) is 15.3. The number of aromatic nitrogens is 4. The molecule has 1 aromatic carbocycles. The third-order valence-electron chi connectivity index (χ3n) is 4.87. The minimum Gasteiger partial charge on any atom is -0.368 e. The fourth-order valence-electron chi connectivity index (χ4n) is 3.47. The molecule has 0 aliphatic carbocycles. The number of guanidine groups is 1. The lowest BCUT2D eigenvalue weighted by Crippen LogP contribution is -2.45. The van der Waals surface area contributed by atoms with Crippen LogP contribution in [0, 0.1) is 0 Å². The minimum atomic E-state index is 0.727. The van der Waals surface area contributed by atoms with E-state index in [2.05, 4.69) is 59.9 Å². The monoisotopic (exact) mass is 364 g/mol. The van der Waals surface area contributed by atoms with Gasteiger partial charge in [-0.3, -0.25) is 9.67 Å². The van der Waals surface area contributed by atoms with Crippen LogP contribution in [0.2, 0.25) is 0 Å². The number of nitrogens with one attached hydrogen (secondary N) is 2. The third-order valence-corrected chi connectivity index (χ3v) is 4.87. The number of fused-ring (bicyclic) bond motifs is 2. The van der Waals surface area contributed by atoms with Crippen LogP contribution < -0.4 is 10.6 Å². The van der Waals surface area contributed by atoms with Crippen LogP contribution in [0.15, 0.2) is 41.8 Å². The number of benzene rings is 1. The molecule has 0 saturated heterocycles. The summed E-state index contributed by atoms with van der Waals surface area (Å²) in [7, 11) is 3.71. The SMILES string of the molecule is CN=C(NCCNc1ncnc2c1cnn2C)N1CCc2ccccc2C1. The summed E-state index contributed by atoms with van der Waals surface area (Å²) in [5.41, 5.74) is 3.64. The highest BCUT2D eigenvalue weighted by Gasteiger charge is 2.18. The summed E-state index contributed by atoms with van der Waals surface area (Å²) < 4.78 is 1.75. The first-order chi connectivity index (χ1) is 13.3. The molecule has 27 heavy (non-hydrogen) atoms. The first-order valence-electron chi connectivity index (χ1n) is 9.15. The fraction of sp³-hybridized carbons (Fsp3) is 0.368. The summed E-state index contributed by atoms with van der Waals surface area (Å²) in [6.07, 6.45) is 4.40. The molecule has 1 aliphatic rings. The summed E-state index contributed by atoms with van der Waals surface area (Å²) in [5, 5.41) is 12.0. The molecular weight excluding hydrogens is 340 g/mol. The van der Waals surface area contributed by atoms with E-state index in [4.69, 9.17) is 0 Å². The van der Waals surface area contributed by atoms with Gasteiger partial charge in [0.15, 0.2) is 11.6 Å². The smallest absolute Gasteiger partial charge is 0.194 e. The Kier molecular flexibility index (Phi) is 4.86. The molecule has 140 valence electrons. The van der Waals surface area contributed by atoms with Gasteiger partial charge < -0.3 is 15.5 Å². The second-order valence-corrected chi connectivity index (χ2v) is 6.57. The Morgan fingerprint density at radius 1 is 1.19 bits per heavy atom. The maximum absolute atomic E-state index is 4.45. The molecule has 2 N–H and O–H groups in total. The molecule has 0 saturated carbocycles. The zero-order valence-corrected chi connectivity index (χ0v) is 15.7. The zero-order chi connectivity index (χ0) is 18.6. The normalized spacial score (nSPS) is 14.3. The van der Waals surface area contributed by atoms with Crippen molar-refractivity contribution in [2.24, 2.45) is 12.0 Å². The van der Waals surface area contributed by atoms with E-state index in [1.165, 1.54) is 11.1 Å². The van der Waals surface area contributed by atoms with Crippen molar-refractivity contribution in [2.75, 3.05) is 32.0 Å². The number of anilines is 1. The number of aryl methyl sites for hydroxylation is 1. The maximum Gasteiger partial charge on any atom is 0.194 e. The van der Waals surface area contributed by atoms with Gasteiger partial charge in [0.1, 0.15) is 12.1 Å². The van der Waals surface area contributed by atoms with E-state index in [9.17, 15) is 0 Å². The summed E-state index contributed by atoms with van der Waals surface area (Å²) >= 11 is 0. The van der Waals surface area contributed by atoms with Gasteiger partial charge in [0.2, 0.25) is 0 Å². The molecule has 0 fully saturated rings. The second kappa shape index (κ2) is 7.61. The lowest BCUT2D eigenvalue weighted by Gasteiger charge is -2.31. The van der Waals surface area contributed by atoms with Gasteiger partial charge in [0.25, 0.3) is 0 Å². The van der Waals surface area contributed by atoms with Crippen molar-refractivity contribution >= 4 is 22.8 Å². The Morgan fingerprint density at radius 3 is 2.89 bits per heavy atom. The van der Waals surface area contributed by atoms with E-state index in [1.54, 1.807) is 17.2 Å². The Hall–Kier alpha value is -3.16. The Morgan fingerprint density at radius 2 is 2.04 bits per heavy atom. The van der Waals surface area contributed by atoms with Crippen molar-refractivity contribution in [3.63, 3.8) is 0 Å². The summed E-state index contributed by atoms with van der Waals surface area (Å²) in [5.74, 6) is 1.73. The molecule has 0 spiro atoms. The van der Waals surface area contributed by atoms with Crippen LogP contribution in [0.5, 0.6) is 0 Å². The van der Waals surface area contributed by atoms with Gasteiger partial charge in [-0.25, -0.2) is 9.97 Å². The zero-order valence-electron chi connectivity index (χ0n) is 15.7. The van der Waals surface area contributed by atoms with Gasteiger partial charge in [-0.2, -0.15) is 5.10 Å². The van der Waals surface area contributed by atoms with Crippen molar-refractivity contribution < 1.29 is 0 Å². The van der Waals surface area contributed by atoms with Crippen LogP contribution in [-0.2, 0) is 20.0 Å². The number of hydrogen-bond donors (Lipinski definition) is 2. The number of aliphatic imine (C=N–C) groups is 1. The standard InChI is InChI=1S/C19H24N8/c1-20-19(27-10-7-14-5-3-4-6-15(14)12-27)22-9-8-21-17-16-11-25-26(2)18(16)24-13-23-17/h3-6,11,13H,7-10,12H2,1-2H3,(H,20,22)(H,21,23,24). The summed E-state index contributed by atoms with van der Waals surface area (Å²) in [6.45, 7) is 3.35. The van der Waals surface area contributed by atoms with Crippen LogP contribution in [0.25, 0.3) is 11.0 Å². The van der Waals surface area contributed by atoms with Crippen LogP contribution in [0.1, 0.15) is 11.1 Å². The maximum atomic E-state index is 4.45. The minimum absolute atomic E-state index is 0.727. The van der Waals surface area contributed by atoms with Gasteiger partial charge in [-0.15, -0.1) is 0 Å². The van der Waals surface area contributed by atoms with Gasteiger partial charge in [0.05, 0.1) is 11.6 Å². The molecule has 0 unspecified atom stereocenters. The van der Waals surface area contributed by atoms with Gasteiger partial charge in [-0.05, 0) is 17.5 Å². The average molecular weight is 364 g/mol. The van der Waals surface area contributed by atoms with Crippen molar-refractivity contribution in [1.82, 2.24) is 30.0 Å². The van der Waals surface area contributed by atoms with E-state index in [1.807, 2.05) is 14.1 Å². The number of nitrogens with zero attached hydrogens (tertiary/aromatic N) is 6. The molecule has 8 heteroatoms. The largest absolute Gasteiger partial charge is 0.368 e. The Labute approximate surface area is 158 Å². The van der Waals surface area contributed by atoms with E-state index in [-0.39, 0.29) is 0 Å². The lowest BCUT2D eigenvalue weighted by atomic mass is 10.0. The van der Waals surface area contributed by atoms with E-state index >= 15 is 0 Å². The van der Waals surface area contributed by atoms with Gasteiger partial charge >= 0.3 is 0 Å². The van der Waals surface area contributed by atoms with Crippen molar-refractivity contribution in [1.29, 1.82) is 0 Å². The molecule has 0 bridgehead atoms. The molecule has 0 radical (unpaired) electrons. The lowest BCUT2D eigenvalue weighted by molar-refractivity contribution is 0.379. The van der Waals surface area contributed by atoms with Crippen LogP contribution >= 0.6 is 0 Å². The third kappa shape index (κ3) is 3.55. The quantitative estimate of drug-likeness (QED) is 0.414. The van der Waals surface area contributed by atoms with Crippen LogP contribution in [-0.4, -0.2) is 57.3 Å². The van der Waals surface area contributed by atoms with Crippen LogP contribution in [0.4, 0.5) is 5.82 Å². The topological polar surface area (TPSA) is 83.3 Å². The predicted octanol–water partition coefficient (Wildman–Crippen LogP) is 1.41. The molecule has 3 aromatic rings. The first kappa shape index (κ1) is 17.3. The molecule has 1 aliphatic heterocycles. The number of rotatable bonds is 4. The predicted molar refractivity (Wildman–Crippen MR) is 107 cm³/mol. The molecular formula is C19H24N8. The van der Waals surface area contributed by atoms with Gasteiger partial charge in [-0.1, -0.05) is 24.3 Å². The fourth-order valence-corrected chi connectivity index (χ4v) is 3.47. The van der Waals surface area contributed by atoms with E-state index < -0.39 is 0 Å². The average Bonchev–Trinajstić information content (AvgIpc) is 3.09. The van der Waals surface area contributed by atoms with Gasteiger partial charge in [0, 0.05) is 40.3 Å².